The molecule has 6 nitrogen and oxygen atoms in total. The van der Waals surface area contributed by atoms with Gasteiger partial charge in [0.1, 0.15) is 17.3 Å². The summed E-state index contributed by atoms with van der Waals surface area (Å²) >= 11 is 6.19. The molecule has 1 aliphatic heterocycles. The van der Waals surface area contributed by atoms with Crippen LogP contribution in [0.15, 0.2) is 48.7 Å². The van der Waals surface area contributed by atoms with Crippen molar-refractivity contribution < 1.29 is 9.47 Å². The standard InChI is InChI=1S/C21H21ClN4O2/c1-27-18-13-16(19(28-2)12-15(18)22)24-21-23-10-9-20(25-21)26-11-5-7-14-6-3-4-8-17(14)26/h3-4,6,8-10,12-13H,5,7,11H2,1-2H3,(H,23,24,25). The Bertz CT molecular complexity index is 996. The van der Waals surface area contributed by atoms with Crippen LogP contribution in [-0.4, -0.2) is 30.7 Å². The monoisotopic (exact) mass is 396 g/mol. The number of rotatable bonds is 5. The van der Waals surface area contributed by atoms with Gasteiger partial charge in [-0.15, -0.1) is 0 Å². The van der Waals surface area contributed by atoms with Gasteiger partial charge in [-0.25, -0.2) is 4.98 Å². The van der Waals surface area contributed by atoms with Gasteiger partial charge in [0.25, 0.3) is 0 Å². The lowest BCUT2D eigenvalue weighted by molar-refractivity contribution is 0.405. The lowest BCUT2D eigenvalue weighted by Crippen LogP contribution is -2.25. The Morgan fingerprint density at radius 2 is 1.89 bits per heavy atom. The average Bonchev–Trinajstić information content (AvgIpc) is 2.74. The number of halogens is 1. The zero-order valence-electron chi connectivity index (χ0n) is 15.8. The van der Waals surface area contributed by atoms with Crippen LogP contribution >= 0.6 is 11.6 Å². The van der Waals surface area contributed by atoms with E-state index in [0.717, 1.165) is 25.2 Å². The number of hydrogen-bond donors (Lipinski definition) is 1. The fraction of sp³-hybridized carbons (Fsp3) is 0.238. The van der Waals surface area contributed by atoms with Crippen LogP contribution in [0, 0.1) is 0 Å². The Hall–Kier alpha value is -2.99. The topological polar surface area (TPSA) is 59.5 Å². The summed E-state index contributed by atoms with van der Waals surface area (Å²) in [5.41, 5.74) is 3.22. The molecule has 0 aliphatic carbocycles. The van der Waals surface area contributed by atoms with Gasteiger partial charge < -0.3 is 19.7 Å². The predicted molar refractivity (Wildman–Crippen MR) is 112 cm³/mol. The first kappa shape index (κ1) is 18.4. The molecule has 4 rings (SSSR count). The molecular weight excluding hydrogens is 376 g/mol. The van der Waals surface area contributed by atoms with Crippen molar-refractivity contribution in [2.45, 2.75) is 12.8 Å². The van der Waals surface area contributed by atoms with Crippen LogP contribution in [0.2, 0.25) is 5.02 Å². The van der Waals surface area contributed by atoms with E-state index in [4.69, 9.17) is 26.1 Å². The Morgan fingerprint density at radius 1 is 1.07 bits per heavy atom. The number of nitrogens with zero attached hydrogens (tertiary/aromatic N) is 3. The number of nitrogens with one attached hydrogen (secondary N) is 1. The summed E-state index contributed by atoms with van der Waals surface area (Å²) in [5, 5.41) is 3.69. The first-order valence-corrected chi connectivity index (χ1v) is 9.44. The number of para-hydroxylation sites is 1. The number of anilines is 4. The normalized spacial score (nSPS) is 13.0. The van der Waals surface area contributed by atoms with E-state index in [0.29, 0.717) is 28.2 Å². The molecule has 0 fully saturated rings. The quantitative estimate of drug-likeness (QED) is 0.656. The molecule has 0 atom stereocenters. The maximum absolute atomic E-state index is 6.19. The molecule has 2 heterocycles. The molecular formula is C21H21ClN4O2. The molecule has 0 saturated carbocycles. The van der Waals surface area contributed by atoms with Crippen LogP contribution in [0.4, 0.5) is 23.1 Å². The number of aromatic nitrogens is 2. The molecule has 7 heteroatoms. The smallest absolute Gasteiger partial charge is 0.229 e. The van der Waals surface area contributed by atoms with Crippen LogP contribution < -0.4 is 19.7 Å². The molecule has 0 unspecified atom stereocenters. The van der Waals surface area contributed by atoms with Gasteiger partial charge in [-0.1, -0.05) is 29.8 Å². The highest BCUT2D eigenvalue weighted by Crippen LogP contribution is 2.37. The van der Waals surface area contributed by atoms with Crippen molar-refractivity contribution in [1.82, 2.24) is 9.97 Å². The molecule has 0 radical (unpaired) electrons. The fourth-order valence-electron chi connectivity index (χ4n) is 3.41. The highest BCUT2D eigenvalue weighted by Gasteiger charge is 2.19. The van der Waals surface area contributed by atoms with Gasteiger partial charge in [0.2, 0.25) is 5.95 Å². The van der Waals surface area contributed by atoms with Crippen LogP contribution in [0.5, 0.6) is 11.5 Å². The molecule has 0 bridgehead atoms. The number of ether oxygens (including phenoxy) is 2. The molecule has 144 valence electrons. The number of methoxy groups -OCH3 is 2. The lowest BCUT2D eigenvalue weighted by atomic mass is 10.0. The molecule has 0 saturated heterocycles. The van der Waals surface area contributed by atoms with Gasteiger partial charge in [0, 0.05) is 30.6 Å². The summed E-state index contributed by atoms with van der Waals surface area (Å²) in [6.07, 6.45) is 3.93. The second-order valence-electron chi connectivity index (χ2n) is 6.43. The van der Waals surface area contributed by atoms with Crippen LogP contribution in [0.25, 0.3) is 0 Å². The maximum Gasteiger partial charge on any atom is 0.229 e. The van der Waals surface area contributed by atoms with Crippen molar-refractivity contribution in [3.05, 3.63) is 59.2 Å². The summed E-state index contributed by atoms with van der Waals surface area (Å²) in [6, 6.07) is 13.8. The van der Waals surface area contributed by atoms with Crippen LogP contribution in [0.3, 0.4) is 0 Å². The largest absolute Gasteiger partial charge is 0.495 e. The second-order valence-corrected chi connectivity index (χ2v) is 6.84. The minimum atomic E-state index is 0.475. The minimum Gasteiger partial charge on any atom is -0.495 e. The van der Waals surface area contributed by atoms with Crippen molar-refractivity contribution in [1.29, 1.82) is 0 Å². The lowest BCUT2D eigenvalue weighted by Gasteiger charge is -2.30. The molecule has 2 aromatic carbocycles. The van der Waals surface area contributed by atoms with Crippen molar-refractivity contribution in [2.24, 2.45) is 0 Å². The second kappa shape index (κ2) is 7.94. The van der Waals surface area contributed by atoms with Crippen molar-refractivity contribution >= 4 is 34.7 Å². The summed E-state index contributed by atoms with van der Waals surface area (Å²) < 4.78 is 10.7. The minimum absolute atomic E-state index is 0.475. The molecule has 1 aliphatic rings. The summed E-state index contributed by atoms with van der Waals surface area (Å²) in [4.78, 5) is 11.3. The van der Waals surface area contributed by atoms with Crippen molar-refractivity contribution in [3.8, 4) is 11.5 Å². The Balaban J connectivity index is 1.66. The Morgan fingerprint density at radius 3 is 2.71 bits per heavy atom. The van der Waals surface area contributed by atoms with E-state index in [2.05, 4.69) is 39.5 Å². The van der Waals surface area contributed by atoms with E-state index in [-0.39, 0.29) is 0 Å². The first-order chi connectivity index (χ1) is 13.7. The third-order valence-corrected chi connectivity index (χ3v) is 5.04. The molecule has 1 N–H and O–H groups in total. The van der Waals surface area contributed by atoms with Gasteiger partial charge in [0.15, 0.2) is 0 Å². The molecule has 3 aromatic rings. The van der Waals surface area contributed by atoms with Crippen LogP contribution in [0.1, 0.15) is 12.0 Å². The van der Waals surface area contributed by atoms with E-state index < -0.39 is 0 Å². The van der Waals surface area contributed by atoms with E-state index in [1.54, 1.807) is 32.5 Å². The summed E-state index contributed by atoms with van der Waals surface area (Å²) in [5.74, 6) is 2.46. The first-order valence-electron chi connectivity index (χ1n) is 9.06. The Labute approximate surface area is 169 Å². The number of hydrogen-bond acceptors (Lipinski definition) is 6. The fourth-order valence-corrected chi connectivity index (χ4v) is 3.64. The Kier molecular flexibility index (Phi) is 5.21. The van der Waals surface area contributed by atoms with Gasteiger partial charge in [0.05, 0.1) is 24.9 Å². The third kappa shape index (κ3) is 3.55. The molecule has 0 amide bonds. The highest BCUT2D eigenvalue weighted by atomic mass is 35.5. The van der Waals surface area contributed by atoms with E-state index in [9.17, 15) is 0 Å². The predicted octanol–water partition coefficient (Wildman–Crippen LogP) is 4.98. The number of benzene rings is 2. The average molecular weight is 397 g/mol. The van der Waals surface area contributed by atoms with E-state index in [1.807, 2.05) is 6.07 Å². The zero-order chi connectivity index (χ0) is 19.5. The van der Waals surface area contributed by atoms with Gasteiger partial charge in [-0.05, 0) is 30.5 Å². The van der Waals surface area contributed by atoms with Gasteiger partial charge in [-0.3, -0.25) is 0 Å². The number of aryl methyl sites for hydroxylation is 1. The molecule has 0 spiro atoms. The third-order valence-electron chi connectivity index (χ3n) is 4.75. The van der Waals surface area contributed by atoms with Gasteiger partial charge in [-0.2, -0.15) is 4.98 Å². The van der Waals surface area contributed by atoms with Crippen LogP contribution in [-0.2, 0) is 6.42 Å². The van der Waals surface area contributed by atoms with Crippen molar-refractivity contribution in [3.63, 3.8) is 0 Å². The number of fused-ring (bicyclic) bond motifs is 1. The zero-order valence-corrected chi connectivity index (χ0v) is 16.5. The molecule has 1 aromatic heterocycles. The van der Waals surface area contributed by atoms with E-state index in [1.165, 1.54) is 11.3 Å². The maximum atomic E-state index is 6.19. The summed E-state index contributed by atoms with van der Waals surface area (Å²) in [6.45, 7) is 0.922. The highest BCUT2D eigenvalue weighted by molar-refractivity contribution is 6.32. The summed E-state index contributed by atoms with van der Waals surface area (Å²) in [7, 11) is 3.16. The van der Waals surface area contributed by atoms with Crippen molar-refractivity contribution in [2.75, 3.05) is 31.0 Å². The molecule has 28 heavy (non-hydrogen) atoms. The SMILES string of the molecule is COc1cc(Nc2nccc(N3CCCc4ccccc43)n2)c(OC)cc1Cl. The van der Waals surface area contributed by atoms with Gasteiger partial charge >= 0.3 is 0 Å². The van der Waals surface area contributed by atoms with E-state index >= 15 is 0 Å².